The van der Waals surface area contributed by atoms with Crippen molar-refractivity contribution >= 4 is 26.8 Å². The second kappa shape index (κ2) is 5.09. The van der Waals surface area contributed by atoms with Crippen LogP contribution in [0.3, 0.4) is 0 Å². The van der Waals surface area contributed by atoms with Crippen molar-refractivity contribution in [2.45, 2.75) is 33.9 Å². The van der Waals surface area contributed by atoms with Crippen molar-refractivity contribution in [2.75, 3.05) is 0 Å². The molecule has 3 rings (SSSR count). The third-order valence-electron chi connectivity index (χ3n) is 3.70. The molecule has 2 heterocycles. The molecule has 3 aromatic rings. The highest BCUT2D eigenvalue weighted by molar-refractivity contribution is 9.10. The van der Waals surface area contributed by atoms with E-state index >= 15 is 0 Å². The van der Waals surface area contributed by atoms with Gasteiger partial charge in [0, 0.05) is 18.3 Å². The largest absolute Gasteiger partial charge is 0.341 e. The molecule has 0 fully saturated rings. The van der Waals surface area contributed by atoms with Crippen LogP contribution in [0.5, 0.6) is 0 Å². The van der Waals surface area contributed by atoms with E-state index < -0.39 is 0 Å². The van der Waals surface area contributed by atoms with E-state index in [0.29, 0.717) is 0 Å². The Balaban J connectivity index is 2.07. The number of fused-ring (bicyclic) bond motifs is 1. The molecule has 4 heteroatoms. The molecule has 0 unspecified atom stereocenters. The molecule has 0 radical (unpaired) electrons. The quantitative estimate of drug-likeness (QED) is 0.702. The van der Waals surface area contributed by atoms with Crippen LogP contribution < -0.4 is 0 Å². The SMILES string of the molecule is CCn1nc(C)c(Br)c1Cn1ccc2ccc(C)cc21. The summed E-state index contributed by atoms with van der Waals surface area (Å²) in [5, 5.41) is 5.85. The molecule has 0 saturated carbocycles. The van der Waals surface area contributed by atoms with E-state index in [4.69, 9.17) is 0 Å². The first-order valence-corrected chi connectivity index (χ1v) is 7.66. The maximum atomic E-state index is 4.56. The molecule has 0 saturated heterocycles. The summed E-state index contributed by atoms with van der Waals surface area (Å²) in [6.07, 6.45) is 2.15. The molecule has 1 aromatic carbocycles. The van der Waals surface area contributed by atoms with Gasteiger partial charge >= 0.3 is 0 Å². The third kappa shape index (κ3) is 2.18. The molecule has 0 amide bonds. The fourth-order valence-electron chi connectivity index (χ4n) is 2.61. The minimum absolute atomic E-state index is 0.836. The summed E-state index contributed by atoms with van der Waals surface area (Å²) in [5.74, 6) is 0. The van der Waals surface area contributed by atoms with Crippen molar-refractivity contribution in [3.8, 4) is 0 Å². The van der Waals surface area contributed by atoms with Crippen LogP contribution in [0.1, 0.15) is 23.9 Å². The highest BCUT2D eigenvalue weighted by atomic mass is 79.9. The molecule has 0 N–H and O–H groups in total. The van der Waals surface area contributed by atoms with Crippen LogP contribution in [-0.4, -0.2) is 14.3 Å². The Bertz CT molecular complexity index is 767. The topological polar surface area (TPSA) is 22.8 Å². The first-order valence-electron chi connectivity index (χ1n) is 6.87. The van der Waals surface area contributed by atoms with E-state index in [0.717, 1.165) is 23.3 Å². The van der Waals surface area contributed by atoms with Gasteiger partial charge in [-0.1, -0.05) is 12.1 Å². The zero-order valence-electron chi connectivity index (χ0n) is 12.0. The lowest BCUT2D eigenvalue weighted by Gasteiger charge is -2.09. The predicted octanol–water partition coefficient (Wildman–Crippen LogP) is 4.29. The van der Waals surface area contributed by atoms with Crippen LogP contribution >= 0.6 is 15.9 Å². The zero-order valence-corrected chi connectivity index (χ0v) is 13.6. The lowest BCUT2D eigenvalue weighted by molar-refractivity contribution is 0.601. The van der Waals surface area contributed by atoms with Crippen LogP contribution in [-0.2, 0) is 13.1 Å². The highest BCUT2D eigenvalue weighted by Crippen LogP contribution is 2.24. The normalized spacial score (nSPS) is 11.4. The second-order valence-electron chi connectivity index (χ2n) is 5.17. The number of nitrogens with zero attached hydrogens (tertiary/aromatic N) is 3. The molecular formula is C16H18BrN3. The van der Waals surface area contributed by atoms with Gasteiger partial charge < -0.3 is 4.57 Å². The Morgan fingerprint density at radius 3 is 2.75 bits per heavy atom. The minimum Gasteiger partial charge on any atom is -0.341 e. The van der Waals surface area contributed by atoms with Gasteiger partial charge in [0.05, 0.1) is 22.4 Å². The number of benzene rings is 1. The maximum absolute atomic E-state index is 4.56. The van der Waals surface area contributed by atoms with Crippen molar-refractivity contribution in [1.82, 2.24) is 14.3 Å². The molecule has 0 spiro atoms. The molecule has 0 aliphatic carbocycles. The Hall–Kier alpha value is -1.55. The molecule has 3 nitrogen and oxygen atoms in total. The predicted molar refractivity (Wildman–Crippen MR) is 86.1 cm³/mol. The Labute approximate surface area is 127 Å². The average Bonchev–Trinajstić information content (AvgIpc) is 2.95. The van der Waals surface area contributed by atoms with Crippen LogP contribution in [0.2, 0.25) is 0 Å². The van der Waals surface area contributed by atoms with Gasteiger partial charge in [-0.05, 0) is 59.8 Å². The van der Waals surface area contributed by atoms with Gasteiger partial charge in [-0.25, -0.2) is 0 Å². The smallest absolute Gasteiger partial charge is 0.0739 e. The van der Waals surface area contributed by atoms with Crippen molar-refractivity contribution in [3.05, 3.63) is 51.9 Å². The Morgan fingerprint density at radius 2 is 2.00 bits per heavy atom. The number of halogens is 1. The first-order chi connectivity index (χ1) is 9.60. The maximum Gasteiger partial charge on any atom is 0.0739 e. The monoisotopic (exact) mass is 331 g/mol. The fourth-order valence-corrected chi connectivity index (χ4v) is 3.02. The van der Waals surface area contributed by atoms with Crippen LogP contribution in [0, 0.1) is 13.8 Å². The van der Waals surface area contributed by atoms with E-state index in [-0.39, 0.29) is 0 Å². The Morgan fingerprint density at radius 1 is 1.20 bits per heavy atom. The van der Waals surface area contributed by atoms with E-state index in [2.05, 4.69) is 74.6 Å². The standard InChI is InChI=1S/C16H18BrN3/c1-4-20-15(16(17)12(3)18-20)10-19-8-7-13-6-5-11(2)9-14(13)19/h5-9H,4,10H2,1-3H3. The van der Waals surface area contributed by atoms with Gasteiger partial charge in [0.15, 0.2) is 0 Å². The van der Waals surface area contributed by atoms with Gasteiger partial charge in [0.25, 0.3) is 0 Å². The van der Waals surface area contributed by atoms with Crippen molar-refractivity contribution in [1.29, 1.82) is 0 Å². The fraction of sp³-hybridized carbons (Fsp3) is 0.312. The van der Waals surface area contributed by atoms with Crippen LogP contribution in [0.25, 0.3) is 10.9 Å². The minimum atomic E-state index is 0.836. The Kier molecular flexibility index (Phi) is 3.42. The summed E-state index contributed by atoms with van der Waals surface area (Å²) >= 11 is 3.67. The summed E-state index contributed by atoms with van der Waals surface area (Å²) < 4.78 is 5.48. The lowest BCUT2D eigenvalue weighted by Crippen LogP contribution is -2.07. The first kappa shape index (κ1) is 13.4. The summed E-state index contributed by atoms with van der Waals surface area (Å²) in [5.41, 5.74) is 4.84. The molecule has 0 atom stereocenters. The van der Waals surface area contributed by atoms with Crippen LogP contribution in [0.15, 0.2) is 34.9 Å². The zero-order chi connectivity index (χ0) is 14.3. The number of rotatable bonds is 3. The average molecular weight is 332 g/mol. The van der Waals surface area contributed by atoms with Crippen molar-refractivity contribution in [2.24, 2.45) is 0 Å². The summed E-state index contributed by atoms with van der Waals surface area (Å²) in [7, 11) is 0. The van der Waals surface area contributed by atoms with Gasteiger partial charge in [-0.3, -0.25) is 4.68 Å². The molecule has 20 heavy (non-hydrogen) atoms. The molecule has 0 aliphatic rings. The highest BCUT2D eigenvalue weighted by Gasteiger charge is 2.13. The van der Waals surface area contributed by atoms with Gasteiger partial charge in [0.1, 0.15) is 0 Å². The number of aryl methyl sites for hydroxylation is 3. The molecule has 2 aromatic heterocycles. The van der Waals surface area contributed by atoms with E-state index in [1.807, 2.05) is 6.92 Å². The van der Waals surface area contributed by atoms with E-state index in [1.165, 1.54) is 22.2 Å². The van der Waals surface area contributed by atoms with Crippen molar-refractivity contribution < 1.29 is 0 Å². The number of aromatic nitrogens is 3. The van der Waals surface area contributed by atoms with Crippen molar-refractivity contribution in [3.63, 3.8) is 0 Å². The molecule has 0 aliphatic heterocycles. The summed E-state index contributed by atoms with van der Waals surface area (Å²) in [4.78, 5) is 0. The molecule has 0 bridgehead atoms. The van der Waals surface area contributed by atoms with Gasteiger partial charge in [-0.2, -0.15) is 5.10 Å². The molecular weight excluding hydrogens is 314 g/mol. The van der Waals surface area contributed by atoms with Gasteiger partial charge in [0.2, 0.25) is 0 Å². The molecule has 104 valence electrons. The second-order valence-corrected chi connectivity index (χ2v) is 5.96. The number of hydrogen-bond acceptors (Lipinski definition) is 1. The third-order valence-corrected chi connectivity index (χ3v) is 4.73. The summed E-state index contributed by atoms with van der Waals surface area (Å²) in [6.45, 7) is 8.02. The van der Waals surface area contributed by atoms with E-state index in [9.17, 15) is 0 Å². The number of hydrogen-bond donors (Lipinski definition) is 0. The summed E-state index contributed by atoms with van der Waals surface area (Å²) in [6, 6.07) is 8.74. The lowest BCUT2D eigenvalue weighted by atomic mass is 10.2. The van der Waals surface area contributed by atoms with Gasteiger partial charge in [-0.15, -0.1) is 0 Å². The van der Waals surface area contributed by atoms with Crippen LogP contribution in [0.4, 0.5) is 0 Å². The van der Waals surface area contributed by atoms with E-state index in [1.54, 1.807) is 0 Å².